The number of ketones is 1. The maximum Gasteiger partial charge on any atom is 0.162 e. The van der Waals surface area contributed by atoms with E-state index in [1.807, 2.05) is 115 Å². The minimum Gasteiger partial charge on any atom is -0.393 e. The van der Waals surface area contributed by atoms with E-state index in [0.717, 1.165) is 27.9 Å². The average molecular weight is 601 g/mol. The van der Waals surface area contributed by atoms with Gasteiger partial charge < -0.3 is 15.3 Å². The predicted octanol–water partition coefficient (Wildman–Crippen LogP) is 8.77. The van der Waals surface area contributed by atoms with Crippen LogP contribution in [0.4, 0.5) is 0 Å². The molecule has 0 spiro atoms. The van der Waals surface area contributed by atoms with E-state index in [2.05, 4.69) is 25.7 Å². The van der Waals surface area contributed by atoms with Gasteiger partial charge >= 0.3 is 0 Å². The van der Waals surface area contributed by atoms with Gasteiger partial charge in [0.2, 0.25) is 0 Å². The summed E-state index contributed by atoms with van der Waals surface area (Å²) in [5.41, 5.74) is 6.26. The van der Waals surface area contributed by atoms with Crippen molar-refractivity contribution in [2.45, 2.75) is 113 Å². The Kier molecular flexibility index (Phi) is 12.9. The number of hydrogen-bond acceptors (Lipinski definition) is 4. The van der Waals surface area contributed by atoms with Crippen molar-refractivity contribution in [3.63, 3.8) is 0 Å². The topological polar surface area (TPSA) is 77.8 Å². The number of carbonyl (C=O) groups excluding carboxylic acids is 1. The summed E-state index contributed by atoms with van der Waals surface area (Å²) in [5.74, 6) is 0.0759. The van der Waals surface area contributed by atoms with E-state index in [1.54, 1.807) is 13.0 Å². The second-order valence-electron chi connectivity index (χ2n) is 14.6. The summed E-state index contributed by atoms with van der Waals surface area (Å²) in [6.45, 7) is 20.0. The molecule has 0 aromatic heterocycles. The minimum atomic E-state index is -1.06. The molecule has 0 saturated heterocycles. The highest BCUT2D eigenvalue weighted by atomic mass is 16.3. The molecular weight excluding hydrogens is 544 g/mol. The summed E-state index contributed by atoms with van der Waals surface area (Å²) in [7, 11) is 0. The summed E-state index contributed by atoms with van der Waals surface area (Å²) in [4.78, 5) is 12.9. The minimum absolute atomic E-state index is 0.0759. The summed E-state index contributed by atoms with van der Waals surface area (Å²) in [5, 5.41) is 31.1. The molecule has 4 atom stereocenters. The van der Waals surface area contributed by atoms with Crippen molar-refractivity contribution >= 4 is 5.78 Å². The van der Waals surface area contributed by atoms with E-state index in [-0.39, 0.29) is 16.6 Å². The van der Waals surface area contributed by atoms with E-state index in [1.165, 1.54) is 0 Å². The molecule has 2 rings (SSSR count). The highest BCUT2D eigenvalue weighted by Crippen LogP contribution is 2.53. The summed E-state index contributed by atoms with van der Waals surface area (Å²) < 4.78 is 0. The van der Waals surface area contributed by atoms with Gasteiger partial charge in [0.15, 0.2) is 5.78 Å². The fourth-order valence-electron chi connectivity index (χ4n) is 6.38. The normalized spacial score (nSPS) is 30.2. The Morgan fingerprint density at radius 3 is 1.64 bits per heavy atom. The number of rotatable bonds is 10. The SMILES string of the molecule is C\C(C=C=C1C(C)(C)C[C@H](O)C[C@@]1(C)O)=C/C=C/C(C)=C/C=C/C=C(C)/C=C/C=C(C)/C=C/C(=O)[C@]1(C)C[C@@H](O)CC1(C)C. The molecule has 4 heteroatoms. The van der Waals surface area contributed by atoms with Crippen molar-refractivity contribution in [1.82, 2.24) is 0 Å². The van der Waals surface area contributed by atoms with Crippen LogP contribution in [0.25, 0.3) is 0 Å². The van der Waals surface area contributed by atoms with E-state index >= 15 is 0 Å². The van der Waals surface area contributed by atoms with Crippen LogP contribution < -0.4 is 0 Å². The van der Waals surface area contributed by atoms with Crippen LogP contribution in [0.3, 0.4) is 0 Å². The standard InChI is InChI=1S/C40H56O4/c1-29(17-13-19-31(3)21-23-35-37(5,6)25-33(41)28-40(35,10)44)15-11-12-16-30(2)18-14-20-32(4)22-24-36(43)39(9)27-34(42)26-38(39,7)8/h11-22,24,33-34,41-42,44H,25-28H2,1-10H3/b12-11+,17-13+,18-14+,24-22+,29-15+,30-16+,31-19+,32-20+/t23?,33-,34-,39-,40+/m0/s1. The third kappa shape index (κ3) is 10.6. The van der Waals surface area contributed by atoms with Crippen molar-refractivity contribution in [2.24, 2.45) is 16.2 Å². The smallest absolute Gasteiger partial charge is 0.162 e. The lowest BCUT2D eigenvalue weighted by atomic mass is 9.65. The zero-order chi connectivity index (χ0) is 33.3. The molecule has 0 aliphatic heterocycles. The van der Waals surface area contributed by atoms with Crippen LogP contribution in [0.5, 0.6) is 0 Å². The Morgan fingerprint density at radius 1 is 0.659 bits per heavy atom. The number of carbonyl (C=O) groups is 1. The predicted molar refractivity (Wildman–Crippen MR) is 185 cm³/mol. The Bertz CT molecular complexity index is 1340. The Morgan fingerprint density at radius 2 is 1.14 bits per heavy atom. The molecule has 0 aromatic carbocycles. The monoisotopic (exact) mass is 600 g/mol. The first kappa shape index (κ1) is 37.2. The number of aliphatic hydroxyl groups is 3. The molecule has 240 valence electrons. The molecule has 0 radical (unpaired) electrons. The fourth-order valence-corrected chi connectivity index (χ4v) is 6.38. The molecule has 4 nitrogen and oxygen atoms in total. The molecule has 2 saturated carbocycles. The maximum absolute atomic E-state index is 12.9. The van der Waals surface area contributed by atoms with Gasteiger partial charge in [0.05, 0.1) is 17.8 Å². The maximum atomic E-state index is 12.9. The second-order valence-corrected chi connectivity index (χ2v) is 14.6. The number of allylic oxidation sites excluding steroid dienone is 16. The van der Waals surface area contributed by atoms with Crippen molar-refractivity contribution in [2.75, 3.05) is 0 Å². The summed E-state index contributed by atoms with van der Waals surface area (Å²) in [6.07, 6.45) is 26.8. The molecule has 0 amide bonds. The second kappa shape index (κ2) is 15.3. The lowest BCUT2D eigenvalue weighted by molar-refractivity contribution is -0.127. The van der Waals surface area contributed by atoms with Crippen LogP contribution in [-0.2, 0) is 4.79 Å². The zero-order valence-corrected chi connectivity index (χ0v) is 28.7. The van der Waals surface area contributed by atoms with Gasteiger partial charge in [-0.1, -0.05) is 118 Å². The van der Waals surface area contributed by atoms with Crippen molar-refractivity contribution in [3.8, 4) is 0 Å². The van der Waals surface area contributed by atoms with Crippen LogP contribution in [0.15, 0.2) is 113 Å². The van der Waals surface area contributed by atoms with Crippen molar-refractivity contribution in [3.05, 3.63) is 113 Å². The molecular formula is C40H56O4. The first-order chi connectivity index (χ1) is 20.3. The largest absolute Gasteiger partial charge is 0.393 e. The lowest BCUT2D eigenvalue weighted by Gasteiger charge is -2.43. The Hall–Kier alpha value is -3.01. The quantitative estimate of drug-likeness (QED) is 0.133. The van der Waals surface area contributed by atoms with Crippen molar-refractivity contribution < 1.29 is 20.1 Å². The molecule has 44 heavy (non-hydrogen) atoms. The summed E-state index contributed by atoms with van der Waals surface area (Å²) >= 11 is 0. The molecule has 0 bridgehead atoms. The van der Waals surface area contributed by atoms with Crippen LogP contribution in [-0.4, -0.2) is 38.9 Å². The van der Waals surface area contributed by atoms with Gasteiger partial charge in [0.25, 0.3) is 0 Å². The molecule has 2 fully saturated rings. The fraction of sp³-hybridized carbons (Fsp3) is 0.500. The Labute approximate surface area is 267 Å². The molecule has 3 N–H and O–H groups in total. The van der Waals surface area contributed by atoms with Gasteiger partial charge in [0.1, 0.15) is 0 Å². The van der Waals surface area contributed by atoms with E-state index in [9.17, 15) is 20.1 Å². The molecule has 0 aromatic rings. The number of hydrogen-bond donors (Lipinski definition) is 3. The van der Waals surface area contributed by atoms with Gasteiger partial charge in [-0.15, -0.1) is 5.73 Å². The van der Waals surface area contributed by atoms with E-state index in [4.69, 9.17) is 0 Å². The van der Waals surface area contributed by atoms with Gasteiger partial charge in [0, 0.05) is 17.4 Å². The van der Waals surface area contributed by atoms with Crippen LogP contribution >= 0.6 is 0 Å². The van der Waals surface area contributed by atoms with E-state index in [0.29, 0.717) is 25.7 Å². The summed E-state index contributed by atoms with van der Waals surface area (Å²) in [6, 6.07) is 0. The molecule has 2 aliphatic carbocycles. The molecule has 0 unspecified atom stereocenters. The average Bonchev–Trinajstić information content (AvgIpc) is 3.09. The van der Waals surface area contributed by atoms with E-state index < -0.39 is 23.2 Å². The molecule has 2 aliphatic rings. The zero-order valence-electron chi connectivity index (χ0n) is 28.7. The van der Waals surface area contributed by atoms with Crippen LogP contribution in [0.1, 0.15) is 94.9 Å². The van der Waals surface area contributed by atoms with Gasteiger partial charge in [-0.3, -0.25) is 4.79 Å². The third-order valence-corrected chi connectivity index (χ3v) is 9.23. The highest BCUT2D eigenvalue weighted by molar-refractivity contribution is 5.95. The van der Waals surface area contributed by atoms with Crippen LogP contribution in [0, 0.1) is 16.2 Å². The van der Waals surface area contributed by atoms with Gasteiger partial charge in [-0.25, -0.2) is 0 Å². The molecule has 0 heterocycles. The first-order valence-electron chi connectivity index (χ1n) is 15.8. The lowest BCUT2D eigenvalue weighted by Crippen LogP contribution is -2.45. The Balaban J connectivity index is 1.93. The van der Waals surface area contributed by atoms with Gasteiger partial charge in [-0.2, -0.15) is 0 Å². The van der Waals surface area contributed by atoms with Crippen LogP contribution in [0.2, 0.25) is 0 Å². The third-order valence-electron chi connectivity index (χ3n) is 9.23. The van der Waals surface area contributed by atoms with Crippen molar-refractivity contribution in [1.29, 1.82) is 0 Å². The first-order valence-corrected chi connectivity index (χ1v) is 15.8. The van der Waals surface area contributed by atoms with Gasteiger partial charge in [-0.05, 0) is 82.4 Å². The highest BCUT2D eigenvalue weighted by Gasteiger charge is 2.52. The number of aliphatic hydroxyl groups excluding tert-OH is 2.